The van der Waals surface area contributed by atoms with E-state index in [0.29, 0.717) is 0 Å². The summed E-state index contributed by atoms with van der Waals surface area (Å²) in [4.78, 5) is 0. The van der Waals surface area contributed by atoms with Crippen LogP contribution >= 0.6 is 11.5 Å². The molecule has 74 valence electrons. The van der Waals surface area contributed by atoms with E-state index in [9.17, 15) is 0 Å². The molecule has 1 aromatic carbocycles. The maximum atomic E-state index is 5.43. The van der Waals surface area contributed by atoms with Crippen molar-refractivity contribution >= 4 is 27.4 Å². The zero-order valence-electron chi connectivity index (χ0n) is 7.86. The summed E-state index contributed by atoms with van der Waals surface area (Å²) in [5, 5.41) is 5.70. The number of aromatic nitrogens is 1. The van der Waals surface area contributed by atoms with Gasteiger partial charge in [-0.25, -0.2) is 0 Å². The van der Waals surface area contributed by atoms with E-state index >= 15 is 0 Å². The van der Waals surface area contributed by atoms with Crippen LogP contribution in [-0.4, -0.2) is 17.5 Å². The number of fused-ring (bicyclic) bond motifs is 1. The van der Waals surface area contributed by atoms with Gasteiger partial charge in [-0.2, -0.15) is 4.37 Å². The van der Waals surface area contributed by atoms with Crippen molar-refractivity contribution in [3.05, 3.63) is 24.3 Å². The van der Waals surface area contributed by atoms with E-state index in [-0.39, 0.29) is 0 Å². The van der Waals surface area contributed by atoms with Gasteiger partial charge in [0.05, 0.1) is 5.52 Å². The van der Waals surface area contributed by atoms with Crippen molar-refractivity contribution in [1.29, 1.82) is 0 Å². The summed E-state index contributed by atoms with van der Waals surface area (Å²) in [6.45, 7) is 1.65. The Hall–Kier alpha value is -1.13. The highest BCUT2D eigenvalue weighted by Gasteiger charge is 2.02. The third kappa shape index (κ3) is 1.86. The predicted octanol–water partition coefficient (Wildman–Crippen LogP) is 2.06. The van der Waals surface area contributed by atoms with Crippen molar-refractivity contribution in [3.63, 3.8) is 0 Å². The standard InChI is InChI=1S/C10H13N3S/c11-6-3-7-12-10-8-4-1-2-5-9(8)13-14-10/h1-2,4-5,12H,3,6-7,11H2. The van der Waals surface area contributed by atoms with Crippen LogP contribution in [0, 0.1) is 0 Å². The van der Waals surface area contributed by atoms with E-state index in [1.807, 2.05) is 18.2 Å². The highest BCUT2D eigenvalue weighted by atomic mass is 32.1. The zero-order valence-corrected chi connectivity index (χ0v) is 8.68. The predicted molar refractivity (Wildman–Crippen MR) is 61.8 cm³/mol. The van der Waals surface area contributed by atoms with Crippen molar-refractivity contribution in [1.82, 2.24) is 4.37 Å². The van der Waals surface area contributed by atoms with E-state index < -0.39 is 0 Å². The molecule has 0 atom stereocenters. The van der Waals surface area contributed by atoms with E-state index in [1.165, 1.54) is 16.9 Å². The molecule has 0 aliphatic carbocycles. The van der Waals surface area contributed by atoms with Crippen LogP contribution in [0.15, 0.2) is 24.3 Å². The van der Waals surface area contributed by atoms with Gasteiger partial charge in [-0.1, -0.05) is 12.1 Å². The normalized spacial score (nSPS) is 10.6. The van der Waals surface area contributed by atoms with Crippen LogP contribution in [0.2, 0.25) is 0 Å². The molecule has 0 aliphatic rings. The van der Waals surface area contributed by atoms with Crippen molar-refractivity contribution < 1.29 is 0 Å². The average molecular weight is 207 g/mol. The first-order valence-corrected chi connectivity index (χ1v) is 5.47. The molecule has 2 aromatic rings. The molecule has 3 nitrogen and oxygen atoms in total. The van der Waals surface area contributed by atoms with Crippen LogP contribution in [-0.2, 0) is 0 Å². The first kappa shape index (κ1) is 9.43. The van der Waals surface area contributed by atoms with Crippen LogP contribution < -0.4 is 11.1 Å². The summed E-state index contributed by atoms with van der Waals surface area (Å²) < 4.78 is 4.35. The van der Waals surface area contributed by atoms with Crippen LogP contribution in [0.3, 0.4) is 0 Å². The van der Waals surface area contributed by atoms with E-state index in [2.05, 4.69) is 15.8 Å². The molecular formula is C10H13N3S. The SMILES string of the molecule is NCCCNc1snc2ccccc12. The minimum absolute atomic E-state index is 0.726. The first-order chi connectivity index (χ1) is 6.92. The summed E-state index contributed by atoms with van der Waals surface area (Å²) in [6, 6.07) is 8.15. The number of rotatable bonds is 4. The third-order valence-electron chi connectivity index (χ3n) is 2.05. The summed E-state index contributed by atoms with van der Waals surface area (Å²) in [5.41, 5.74) is 6.49. The Morgan fingerprint density at radius 2 is 2.21 bits per heavy atom. The molecule has 0 spiro atoms. The van der Waals surface area contributed by atoms with Gasteiger partial charge in [-0.15, -0.1) is 0 Å². The van der Waals surface area contributed by atoms with E-state index in [0.717, 1.165) is 30.0 Å². The quantitative estimate of drug-likeness (QED) is 0.754. The third-order valence-corrected chi connectivity index (χ3v) is 2.89. The molecular weight excluding hydrogens is 194 g/mol. The Morgan fingerprint density at radius 3 is 3.07 bits per heavy atom. The fourth-order valence-electron chi connectivity index (χ4n) is 1.32. The molecule has 0 fully saturated rings. The van der Waals surface area contributed by atoms with Crippen LogP contribution in [0.1, 0.15) is 6.42 Å². The fourth-order valence-corrected chi connectivity index (χ4v) is 2.11. The minimum Gasteiger partial charge on any atom is -0.375 e. The molecule has 0 unspecified atom stereocenters. The highest BCUT2D eigenvalue weighted by Crippen LogP contribution is 2.26. The lowest BCUT2D eigenvalue weighted by Crippen LogP contribution is -2.07. The van der Waals surface area contributed by atoms with Gasteiger partial charge in [0.2, 0.25) is 0 Å². The first-order valence-electron chi connectivity index (χ1n) is 4.70. The molecule has 14 heavy (non-hydrogen) atoms. The molecule has 0 radical (unpaired) electrons. The van der Waals surface area contributed by atoms with Gasteiger partial charge in [-0.05, 0) is 36.6 Å². The lowest BCUT2D eigenvalue weighted by Gasteiger charge is -2.01. The Balaban J connectivity index is 2.17. The molecule has 0 aliphatic heterocycles. The van der Waals surface area contributed by atoms with Crippen LogP contribution in [0.25, 0.3) is 10.9 Å². The van der Waals surface area contributed by atoms with E-state index in [4.69, 9.17) is 5.73 Å². The van der Waals surface area contributed by atoms with E-state index in [1.54, 1.807) is 0 Å². The van der Waals surface area contributed by atoms with Crippen LogP contribution in [0.5, 0.6) is 0 Å². The maximum absolute atomic E-state index is 5.43. The van der Waals surface area contributed by atoms with Crippen molar-refractivity contribution in [2.75, 3.05) is 18.4 Å². The zero-order chi connectivity index (χ0) is 9.80. The monoisotopic (exact) mass is 207 g/mol. The minimum atomic E-state index is 0.726. The van der Waals surface area contributed by atoms with Gasteiger partial charge >= 0.3 is 0 Å². The molecule has 1 heterocycles. The Labute approximate surface area is 87.1 Å². The molecule has 1 aromatic heterocycles. The highest BCUT2D eigenvalue weighted by molar-refractivity contribution is 7.11. The second-order valence-electron chi connectivity index (χ2n) is 3.10. The molecule has 0 saturated heterocycles. The maximum Gasteiger partial charge on any atom is 0.117 e. The van der Waals surface area contributed by atoms with Gasteiger partial charge in [0, 0.05) is 11.9 Å². The lowest BCUT2D eigenvalue weighted by atomic mass is 10.2. The van der Waals surface area contributed by atoms with Gasteiger partial charge in [0.15, 0.2) is 0 Å². The number of nitrogens with one attached hydrogen (secondary N) is 1. The van der Waals surface area contributed by atoms with Gasteiger partial charge in [-0.3, -0.25) is 0 Å². The number of hydrogen-bond donors (Lipinski definition) is 2. The second-order valence-corrected chi connectivity index (χ2v) is 3.87. The summed E-state index contributed by atoms with van der Waals surface area (Å²) in [6.07, 6.45) is 0.992. The Morgan fingerprint density at radius 1 is 1.36 bits per heavy atom. The van der Waals surface area contributed by atoms with Crippen molar-refractivity contribution in [3.8, 4) is 0 Å². The van der Waals surface area contributed by atoms with Gasteiger partial charge in [0.25, 0.3) is 0 Å². The average Bonchev–Trinajstić information content (AvgIpc) is 2.63. The van der Waals surface area contributed by atoms with Crippen LogP contribution in [0.4, 0.5) is 5.00 Å². The molecule has 3 N–H and O–H groups in total. The summed E-state index contributed by atoms with van der Waals surface area (Å²) in [7, 11) is 0. The Bertz CT molecular complexity index is 410. The number of anilines is 1. The molecule has 0 bridgehead atoms. The summed E-state index contributed by atoms with van der Waals surface area (Å²) >= 11 is 1.51. The fraction of sp³-hybridized carbons (Fsp3) is 0.300. The second kappa shape index (κ2) is 4.39. The topological polar surface area (TPSA) is 50.9 Å². The lowest BCUT2D eigenvalue weighted by molar-refractivity contribution is 0.877. The Kier molecular flexibility index (Phi) is 2.96. The number of hydrogen-bond acceptors (Lipinski definition) is 4. The molecule has 0 saturated carbocycles. The summed E-state index contributed by atoms with van der Waals surface area (Å²) in [5.74, 6) is 0. The number of nitrogens with two attached hydrogens (primary N) is 1. The molecule has 4 heteroatoms. The smallest absolute Gasteiger partial charge is 0.117 e. The van der Waals surface area contributed by atoms with Crippen molar-refractivity contribution in [2.24, 2.45) is 5.73 Å². The molecule has 2 rings (SSSR count). The number of benzene rings is 1. The number of nitrogens with zero attached hydrogens (tertiary/aromatic N) is 1. The van der Waals surface area contributed by atoms with Gasteiger partial charge < -0.3 is 11.1 Å². The largest absolute Gasteiger partial charge is 0.375 e. The van der Waals surface area contributed by atoms with Crippen molar-refractivity contribution in [2.45, 2.75) is 6.42 Å². The van der Waals surface area contributed by atoms with Gasteiger partial charge in [0.1, 0.15) is 5.00 Å². The molecule has 0 amide bonds.